The first-order valence-electron chi connectivity index (χ1n) is 7.62. The number of allylic oxidation sites excluding steroid dienone is 1. The van der Waals surface area contributed by atoms with Crippen molar-refractivity contribution in [2.24, 2.45) is 0 Å². The number of hydrogen-bond donors (Lipinski definition) is 0. The van der Waals surface area contributed by atoms with Crippen molar-refractivity contribution in [2.75, 3.05) is 0 Å². The molecule has 1 aliphatic carbocycles. The van der Waals surface area contributed by atoms with E-state index in [1.54, 1.807) is 0 Å². The van der Waals surface area contributed by atoms with Gasteiger partial charge in [-0.2, -0.15) is 0 Å². The van der Waals surface area contributed by atoms with Crippen LogP contribution in [0, 0.1) is 0 Å². The van der Waals surface area contributed by atoms with Gasteiger partial charge in [0.05, 0.1) is 5.91 Å². The van der Waals surface area contributed by atoms with Crippen molar-refractivity contribution in [1.82, 2.24) is 0 Å². The molecule has 24 heavy (non-hydrogen) atoms. The Morgan fingerprint density at radius 3 is 2.54 bits per heavy atom. The number of halogens is 2. The number of fused-ring (bicyclic) bond motifs is 1. The van der Waals surface area contributed by atoms with Gasteiger partial charge in [0.2, 0.25) is 0 Å². The number of carbonyl (C=O) groups excluding carboxylic acids is 1. The average Bonchev–Trinajstić information content (AvgIpc) is 2.96. The fraction of sp³-hybridized carbons (Fsp3) is 0.211. The summed E-state index contributed by atoms with van der Waals surface area (Å²) in [6.07, 6.45) is 3.58. The topological polar surface area (TPSA) is 31.2 Å². The van der Waals surface area contributed by atoms with Gasteiger partial charge in [-0.05, 0) is 30.0 Å². The Labute approximate surface area is 159 Å². The fourth-order valence-corrected chi connectivity index (χ4v) is 2.74. The van der Waals surface area contributed by atoms with Crippen LogP contribution >= 0.6 is 18.6 Å². The van der Waals surface area contributed by atoms with Gasteiger partial charge >= 0.3 is 35.6 Å². The number of carbonyl (C=O) groups is 1. The molecule has 0 saturated carbocycles. The Morgan fingerprint density at radius 1 is 1.12 bits per heavy atom. The van der Waals surface area contributed by atoms with Crippen molar-refractivity contribution in [2.45, 2.75) is 26.3 Å². The van der Waals surface area contributed by atoms with Crippen molar-refractivity contribution < 1.29 is 21.8 Å². The molecule has 0 bridgehead atoms. The second-order valence-corrected chi connectivity index (χ2v) is 8.18. The van der Waals surface area contributed by atoms with E-state index in [-0.39, 0.29) is 5.91 Å². The molecule has 0 aromatic heterocycles. The molecule has 0 spiro atoms. The van der Waals surface area contributed by atoms with Crippen molar-refractivity contribution >= 4 is 30.6 Å². The van der Waals surface area contributed by atoms with Crippen LogP contribution in [-0.2, 0) is 41.2 Å². The summed E-state index contributed by atoms with van der Waals surface area (Å²) in [7, 11) is 9.78. The van der Waals surface area contributed by atoms with Crippen LogP contribution in [0.5, 0.6) is 0 Å². The molecule has 3 rings (SSSR count). The second kappa shape index (κ2) is 10.1. The molecular formula is C19H18Cl2NOTi-. The monoisotopic (exact) mass is 394 g/mol. The molecule has 124 valence electrons. The average molecular weight is 395 g/mol. The molecule has 0 radical (unpaired) electrons. The van der Waals surface area contributed by atoms with Crippen LogP contribution in [0.25, 0.3) is 11.4 Å². The van der Waals surface area contributed by atoms with Crippen LogP contribution in [-0.4, -0.2) is 5.91 Å². The van der Waals surface area contributed by atoms with Gasteiger partial charge in [0, 0.05) is 6.42 Å². The van der Waals surface area contributed by atoms with E-state index in [1.807, 2.05) is 42.5 Å². The normalized spacial score (nSPS) is 11.7. The Kier molecular flexibility index (Phi) is 8.07. The Morgan fingerprint density at radius 2 is 1.83 bits per heavy atom. The molecular weight excluding hydrogens is 377 g/mol. The number of nitrogens with zero attached hydrogens (tertiary/aromatic N) is 1. The van der Waals surface area contributed by atoms with Gasteiger partial charge in [-0.15, -0.1) is 6.54 Å². The molecule has 0 unspecified atom stereocenters. The van der Waals surface area contributed by atoms with E-state index in [0.717, 1.165) is 17.5 Å². The summed E-state index contributed by atoms with van der Waals surface area (Å²) >= 11 is -0.556. The minimum atomic E-state index is -0.556. The Balaban J connectivity index is 0.000000647. The van der Waals surface area contributed by atoms with Crippen LogP contribution in [0.4, 0.5) is 0 Å². The molecule has 2 nitrogen and oxygen atoms in total. The third-order valence-electron chi connectivity index (χ3n) is 3.77. The second-order valence-electron chi connectivity index (χ2n) is 5.60. The summed E-state index contributed by atoms with van der Waals surface area (Å²) in [4.78, 5) is 12.1. The maximum atomic E-state index is 12.1. The molecule has 5 heteroatoms. The van der Waals surface area contributed by atoms with Crippen molar-refractivity contribution in [3.63, 3.8) is 0 Å². The zero-order chi connectivity index (χ0) is 17.4. The van der Waals surface area contributed by atoms with Crippen LogP contribution in [0.2, 0.25) is 0 Å². The van der Waals surface area contributed by atoms with Gasteiger partial charge in [0.15, 0.2) is 0 Å². The van der Waals surface area contributed by atoms with Gasteiger partial charge < -0.3 is 10.1 Å². The number of hydrogen-bond acceptors (Lipinski definition) is 1. The van der Waals surface area contributed by atoms with Gasteiger partial charge in [-0.25, -0.2) is 0 Å². The predicted octanol–water partition coefficient (Wildman–Crippen LogP) is 5.67. The summed E-state index contributed by atoms with van der Waals surface area (Å²) < 4.78 is 0. The molecule has 0 fully saturated rings. The van der Waals surface area contributed by atoms with E-state index in [2.05, 4.69) is 24.4 Å². The number of amides is 1. The number of benzene rings is 2. The molecule has 0 atom stereocenters. The molecule has 0 heterocycles. The first kappa shape index (κ1) is 19.3. The SMILES string of the molecule is CC1=Cc2c(CC(=O)[N-]Cc3ccccc3)cccc2C1.[Cl][Ti][Cl]. The first-order valence-corrected chi connectivity index (χ1v) is 11.9. The van der Waals surface area contributed by atoms with Crippen LogP contribution in [0.15, 0.2) is 54.1 Å². The zero-order valence-corrected chi connectivity index (χ0v) is 16.5. The van der Waals surface area contributed by atoms with Crippen molar-refractivity contribution in [3.05, 3.63) is 81.7 Å². The molecule has 1 aliphatic rings. The molecule has 2 aromatic carbocycles. The Bertz CT molecular complexity index is 717. The van der Waals surface area contributed by atoms with Gasteiger partial charge in [0.25, 0.3) is 0 Å². The van der Waals surface area contributed by atoms with E-state index in [1.165, 1.54) is 16.7 Å². The molecule has 0 N–H and O–H groups in total. The standard InChI is InChI=1S/C19H19NO.2ClH.Ti/c1-14-10-16-8-5-9-17(18(16)11-14)12-19(21)20-13-15-6-3-2-4-7-15;;;/h2-9,11H,10,12-13H2,1H3,(H,20,21);2*1H;/q;;;+2/p-3. The predicted molar refractivity (Wildman–Crippen MR) is 97.7 cm³/mol. The van der Waals surface area contributed by atoms with Crippen molar-refractivity contribution in [1.29, 1.82) is 0 Å². The number of rotatable bonds is 4. The first-order chi connectivity index (χ1) is 11.6. The zero-order valence-electron chi connectivity index (χ0n) is 13.4. The van der Waals surface area contributed by atoms with Gasteiger partial charge in [-0.1, -0.05) is 65.7 Å². The third kappa shape index (κ3) is 5.79. The summed E-state index contributed by atoms with van der Waals surface area (Å²) in [5, 5.41) is 4.17. The van der Waals surface area contributed by atoms with Crippen molar-refractivity contribution in [3.8, 4) is 0 Å². The van der Waals surface area contributed by atoms with E-state index in [9.17, 15) is 4.79 Å². The van der Waals surface area contributed by atoms with E-state index < -0.39 is 17.0 Å². The Hall–Kier alpha value is -1.06. The van der Waals surface area contributed by atoms with Crippen LogP contribution in [0.1, 0.15) is 29.2 Å². The van der Waals surface area contributed by atoms with Crippen LogP contribution < -0.4 is 0 Å². The molecule has 2 aromatic rings. The quantitative estimate of drug-likeness (QED) is 0.615. The fourth-order valence-electron chi connectivity index (χ4n) is 2.74. The molecule has 1 amide bonds. The maximum absolute atomic E-state index is 12.1. The summed E-state index contributed by atoms with van der Waals surface area (Å²) in [5.74, 6) is -0.0507. The van der Waals surface area contributed by atoms with E-state index >= 15 is 0 Å². The minimum absolute atomic E-state index is 0.0507. The summed E-state index contributed by atoms with van der Waals surface area (Å²) in [6.45, 7) is 2.59. The molecule has 0 aliphatic heterocycles. The third-order valence-corrected chi connectivity index (χ3v) is 3.77. The molecule has 0 saturated heterocycles. The van der Waals surface area contributed by atoms with E-state index in [4.69, 9.17) is 18.6 Å². The van der Waals surface area contributed by atoms with Crippen LogP contribution in [0.3, 0.4) is 0 Å². The van der Waals surface area contributed by atoms with E-state index in [0.29, 0.717) is 13.0 Å². The van der Waals surface area contributed by atoms with Gasteiger partial charge in [-0.3, -0.25) is 0 Å². The summed E-state index contributed by atoms with van der Waals surface area (Å²) in [6, 6.07) is 16.1. The summed E-state index contributed by atoms with van der Waals surface area (Å²) in [5.41, 5.74) is 6.05. The van der Waals surface area contributed by atoms with Gasteiger partial charge in [0.1, 0.15) is 0 Å².